The molecule has 3 rings (SSSR count). The van der Waals surface area contributed by atoms with Crippen LogP contribution in [0.25, 0.3) is 0 Å². The van der Waals surface area contributed by atoms with Gasteiger partial charge in [-0.1, -0.05) is 31.4 Å². The van der Waals surface area contributed by atoms with Crippen LogP contribution in [0.5, 0.6) is 5.75 Å². The predicted octanol–water partition coefficient (Wildman–Crippen LogP) is 2.54. The van der Waals surface area contributed by atoms with E-state index in [1.165, 1.54) is 12.0 Å². The highest BCUT2D eigenvalue weighted by Crippen LogP contribution is 2.24. The van der Waals surface area contributed by atoms with Crippen LogP contribution in [0.3, 0.4) is 0 Å². The summed E-state index contributed by atoms with van der Waals surface area (Å²) in [6.07, 6.45) is 6.78. The van der Waals surface area contributed by atoms with Crippen LogP contribution in [0.2, 0.25) is 0 Å². The Morgan fingerprint density at radius 2 is 1.92 bits per heavy atom. The number of likely N-dealkylation sites (tertiary alicyclic amines) is 1. The third-order valence-corrected chi connectivity index (χ3v) is 5.37. The van der Waals surface area contributed by atoms with Crippen molar-refractivity contribution in [3.8, 4) is 5.75 Å². The van der Waals surface area contributed by atoms with Gasteiger partial charge in [-0.2, -0.15) is 0 Å². The van der Waals surface area contributed by atoms with Crippen molar-refractivity contribution in [2.75, 3.05) is 20.2 Å². The molecule has 2 amide bonds. The fraction of sp³-hybridized carbons (Fsp3) is 0.600. The van der Waals surface area contributed by atoms with Crippen molar-refractivity contribution in [1.82, 2.24) is 10.2 Å². The first-order chi connectivity index (χ1) is 12.2. The number of hydrogen-bond donors (Lipinski definition) is 1. The molecule has 0 unspecified atom stereocenters. The van der Waals surface area contributed by atoms with Crippen molar-refractivity contribution < 1.29 is 14.3 Å². The van der Waals surface area contributed by atoms with Gasteiger partial charge in [0.25, 0.3) is 0 Å². The highest BCUT2D eigenvalue weighted by molar-refractivity contribution is 5.83. The molecule has 1 saturated heterocycles. The highest BCUT2D eigenvalue weighted by Gasteiger charge is 2.32. The van der Waals surface area contributed by atoms with Crippen molar-refractivity contribution in [2.24, 2.45) is 5.92 Å². The maximum Gasteiger partial charge on any atom is 0.224 e. The van der Waals surface area contributed by atoms with Crippen LogP contribution in [0.15, 0.2) is 24.3 Å². The quantitative estimate of drug-likeness (QED) is 0.863. The largest absolute Gasteiger partial charge is 0.497 e. The standard InChI is InChI=1S/C20H28N2O3/c1-25-18-9-7-15(8-10-18)11-12-22-14-17(13-19(22)23)21-20(24)16-5-3-2-4-6-16/h7-10,16-17H,2-6,11-14H2,1H3,(H,21,24)/t17-/m0/s1. The van der Waals surface area contributed by atoms with Crippen molar-refractivity contribution in [3.05, 3.63) is 29.8 Å². The number of benzene rings is 1. The molecular formula is C20H28N2O3. The van der Waals surface area contributed by atoms with Crippen LogP contribution >= 0.6 is 0 Å². The lowest BCUT2D eigenvalue weighted by Gasteiger charge is -2.23. The number of rotatable bonds is 6. The molecule has 0 spiro atoms. The highest BCUT2D eigenvalue weighted by atomic mass is 16.5. The average molecular weight is 344 g/mol. The van der Waals surface area contributed by atoms with Gasteiger partial charge in [-0.25, -0.2) is 0 Å². The fourth-order valence-electron chi connectivity index (χ4n) is 3.83. The molecule has 1 aromatic carbocycles. The zero-order valence-corrected chi connectivity index (χ0v) is 15.0. The first kappa shape index (κ1) is 17.8. The molecule has 1 aliphatic carbocycles. The summed E-state index contributed by atoms with van der Waals surface area (Å²) in [7, 11) is 1.65. The van der Waals surface area contributed by atoms with E-state index in [0.29, 0.717) is 19.5 Å². The summed E-state index contributed by atoms with van der Waals surface area (Å²) in [5.74, 6) is 1.28. The molecule has 2 fully saturated rings. The fourth-order valence-corrected chi connectivity index (χ4v) is 3.83. The molecule has 2 aliphatic rings. The Labute approximate surface area is 149 Å². The summed E-state index contributed by atoms with van der Waals surface area (Å²) in [6.45, 7) is 1.33. The van der Waals surface area contributed by atoms with Crippen LogP contribution in [-0.4, -0.2) is 43.0 Å². The third-order valence-electron chi connectivity index (χ3n) is 5.37. The minimum atomic E-state index is -0.0298. The number of amides is 2. The molecule has 1 heterocycles. The lowest BCUT2D eigenvalue weighted by molar-refractivity contribution is -0.127. The van der Waals surface area contributed by atoms with Crippen LogP contribution in [0.1, 0.15) is 44.1 Å². The molecule has 0 radical (unpaired) electrons. The molecule has 5 heteroatoms. The SMILES string of the molecule is COc1ccc(CCN2C[C@@H](NC(=O)C3CCCCC3)CC2=O)cc1. The normalized spacial score (nSPS) is 21.4. The Balaban J connectivity index is 1.45. The minimum Gasteiger partial charge on any atom is -0.497 e. The molecule has 5 nitrogen and oxygen atoms in total. The van der Waals surface area contributed by atoms with Gasteiger partial charge in [-0.05, 0) is 37.0 Å². The number of nitrogens with zero attached hydrogens (tertiary/aromatic N) is 1. The topological polar surface area (TPSA) is 58.6 Å². The molecule has 1 N–H and O–H groups in total. The second kappa shape index (κ2) is 8.37. The Hall–Kier alpha value is -2.04. The summed E-state index contributed by atoms with van der Waals surface area (Å²) in [5.41, 5.74) is 1.18. The van der Waals surface area contributed by atoms with Gasteiger partial charge in [0.15, 0.2) is 0 Å². The maximum atomic E-state index is 12.4. The van der Waals surface area contributed by atoms with Crippen molar-refractivity contribution in [2.45, 2.75) is 51.0 Å². The molecule has 1 aromatic rings. The number of carbonyl (C=O) groups is 2. The molecule has 136 valence electrons. The second-order valence-electron chi connectivity index (χ2n) is 7.18. The summed E-state index contributed by atoms with van der Waals surface area (Å²) in [4.78, 5) is 26.4. The number of hydrogen-bond acceptors (Lipinski definition) is 3. The van der Waals surface area contributed by atoms with Crippen LogP contribution in [-0.2, 0) is 16.0 Å². The number of carbonyl (C=O) groups excluding carboxylic acids is 2. The van der Waals surface area contributed by atoms with Crippen LogP contribution in [0.4, 0.5) is 0 Å². The van der Waals surface area contributed by atoms with Gasteiger partial charge in [0, 0.05) is 25.4 Å². The minimum absolute atomic E-state index is 0.0298. The van der Waals surface area contributed by atoms with Gasteiger partial charge in [0.05, 0.1) is 13.2 Å². The lowest BCUT2D eigenvalue weighted by Crippen LogP contribution is -2.41. The van der Waals surface area contributed by atoms with Crippen molar-refractivity contribution in [3.63, 3.8) is 0 Å². The predicted molar refractivity (Wildman–Crippen MR) is 96.4 cm³/mol. The summed E-state index contributed by atoms with van der Waals surface area (Å²) in [5, 5.41) is 3.10. The first-order valence-electron chi connectivity index (χ1n) is 9.37. The molecule has 1 aliphatic heterocycles. The van der Waals surface area contributed by atoms with E-state index in [1.807, 2.05) is 29.2 Å². The molecule has 0 aromatic heterocycles. The Bertz CT molecular complexity index is 593. The van der Waals surface area contributed by atoms with E-state index in [0.717, 1.165) is 37.9 Å². The Morgan fingerprint density at radius 3 is 2.60 bits per heavy atom. The van der Waals surface area contributed by atoms with Gasteiger partial charge in [0.2, 0.25) is 11.8 Å². The third kappa shape index (κ3) is 4.74. The van der Waals surface area contributed by atoms with E-state index in [9.17, 15) is 9.59 Å². The monoisotopic (exact) mass is 344 g/mol. The second-order valence-corrected chi connectivity index (χ2v) is 7.18. The van der Waals surface area contributed by atoms with Crippen LogP contribution in [0, 0.1) is 5.92 Å². The van der Waals surface area contributed by atoms with Crippen molar-refractivity contribution >= 4 is 11.8 Å². The zero-order valence-electron chi connectivity index (χ0n) is 15.0. The molecule has 25 heavy (non-hydrogen) atoms. The average Bonchev–Trinajstić information content (AvgIpc) is 3.00. The van der Waals surface area contributed by atoms with Gasteiger partial charge >= 0.3 is 0 Å². The zero-order chi connectivity index (χ0) is 17.6. The molecule has 1 atom stereocenters. The first-order valence-corrected chi connectivity index (χ1v) is 9.37. The maximum absolute atomic E-state index is 12.4. The van der Waals surface area contributed by atoms with E-state index in [4.69, 9.17) is 4.74 Å². The van der Waals surface area contributed by atoms with Gasteiger partial charge < -0.3 is 15.0 Å². The number of nitrogens with one attached hydrogen (secondary N) is 1. The Kier molecular flexibility index (Phi) is 5.95. The van der Waals surface area contributed by atoms with E-state index in [1.54, 1.807) is 7.11 Å². The molecule has 1 saturated carbocycles. The Morgan fingerprint density at radius 1 is 1.20 bits per heavy atom. The summed E-state index contributed by atoms with van der Waals surface area (Å²) in [6, 6.07) is 7.91. The van der Waals surface area contributed by atoms with E-state index < -0.39 is 0 Å². The van der Waals surface area contributed by atoms with Gasteiger partial charge in [-0.3, -0.25) is 9.59 Å². The van der Waals surface area contributed by atoms with Gasteiger partial charge in [-0.15, -0.1) is 0 Å². The summed E-state index contributed by atoms with van der Waals surface area (Å²) >= 11 is 0. The number of ether oxygens (including phenoxy) is 1. The number of methoxy groups -OCH3 is 1. The smallest absolute Gasteiger partial charge is 0.224 e. The lowest BCUT2D eigenvalue weighted by atomic mass is 9.88. The molecular weight excluding hydrogens is 316 g/mol. The summed E-state index contributed by atoms with van der Waals surface area (Å²) < 4.78 is 5.16. The van der Waals surface area contributed by atoms with Crippen molar-refractivity contribution in [1.29, 1.82) is 0 Å². The van der Waals surface area contributed by atoms with E-state index in [2.05, 4.69) is 5.32 Å². The van der Waals surface area contributed by atoms with E-state index >= 15 is 0 Å². The van der Waals surface area contributed by atoms with Gasteiger partial charge in [0.1, 0.15) is 5.75 Å². The van der Waals surface area contributed by atoms with E-state index in [-0.39, 0.29) is 23.8 Å². The molecule has 0 bridgehead atoms. The van der Waals surface area contributed by atoms with Crippen LogP contribution < -0.4 is 10.1 Å².